The maximum absolute atomic E-state index is 11.6. The molecule has 0 saturated carbocycles. The number of carbonyl (C=O) groups is 1. The predicted molar refractivity (Wildman–Crippen MR) is 65.3 cm³/mol. The van der Waals surface area contributed by atoms with Crippen LogP contribution in [0, 0.1) is 0 Å². The molecule has 1 amide bonds. The normalized spacial score (nSPS) is 10.5. The molecule has 6 heteroatoms. The number of phenolic OH excluding ortho intramolecular Hbond substituents is 1. The topological polar surface area (TPSA) is 82.5 Å². The molecule has 0 saturated heterocycles. The second-order valence-electron chi connectivity index (χ2n) is 3.39. The van der Waals surface area contributed by atoms with Crippen molar-refractivity contribution < 1.29 is 14.5 Å². The third-order valence-corrected chi connectivity index (χ3v) is 2.81. The van der Waals surface area contributed by atoms with Gasteiger partial charge in [0.15, 0.2) is 0 Å². The second kappa shape index (κ2) is 4.60. The van der Waals surface area contributed by atoms with Gasteiger partial charge in [0, 0.05) is 24.5 Å². The highest BCUT2D eigenvalue weighted by molar-refractivity contribution is 7.93. The monoisotopic (exact) mass is 250 g/mol. The molecular weight excluding hydrogens is 240 g/mol. The maximum Gasteiger partial charge on any atom is 0.253 e. The van der Waals surface area contributed by atoms with Crippen LogP contribution < -0.4 is 5.32 Å². The zero-order chi connectivity index (χ0) is 12.4. The number of nitrogens with zero attached hydrogens (tertiary/aromatic N) is 1. The number of pyridine rings is 1. The van der Waals surface area contributed by atoms with Crippen LogP contribution in [0.15, 0.2) is 29.3 Å². The molecule has 0 aliphatic heterocycles. The Morgan fingerprint density at radius 1 is 1.41 bits per heavy atom. The number of nitrogens with one attached hydrogen (secondary N) is 1. The molecule has 0 aliphatic rings. The summed E-state index contributed by atoms with van der Waals surface area (Å²) in [6.45, 7) is 0. The lowest BCUT2D eigenvalue weighted by Gasteiger charge is -2.06. The van der Waals surface area contributed by atoms with Crippen molar-refractivity contribution in [3.63, 3.8) is 0 Å². The van der Waals surface area contributed by atoms with Crippen molar-refractivity contribution in [1.29, 1.82) is 0 Å². The molecule has 0 bridgehead atoms. The fraction of sp³-hybridized carbons (Fsp3) is 0.0909. The van der Waals surface area contributed by atoms with E-state index in [-0.39, 0.29) is 22.2 Å². The molecule has 0 atom stereocenters. The summed E-state index contributed by atoms with van der Waals surface area (Å²) in [7, 11) is 1.50. The fourth-order valence-corrected chi connectivity index (χ4v) is 1.90. The van der Waals surface area contributed by atoms with Crippen LogP contribution in [0.25, 0.3) is 10.9 Å². The van der Waals surface area contributed by atoms with Gasteiger partial charge >= 0.3 is 0 Å². The predicted octanol–water partition coefficient (Wildman–Crippen LogP) is 1.87. The smallest absolute Gasteiger partial charge is 0.253 e. The lowest BCUT2D eigenvalue weighted by atomic mass is 10.1. The van der Waals surface area contributed by atoms with E-state index in [0.29, 0.717) is 22.9 Å². The number of benzene rings is 1. The highest BCUT2D eigenvalue weighted by Gasteiger charge is 2.13. The molecule has 0 fully saturated rings. The Balaban J connectivity index is 2.69. The second-order valence-corrected chi connectivity index (χ2v) is 3.96. The molecule has 1 aromatic heterocycles. The van der Waals surface area contributed by atoms with E-state index < -0.39 is 0 Å². The van der Waals surface area contributed by atoms with E-state index in [1.807, 2.05) is 0 Å². The first kappa shape index (κ1) is 11.7. The zero-order valence-corrected chi connectivity index (χ0v) is 9.78. The largest absolute Gasteiger partial charge is 0.508 e. The van der Waals surface area contributed by atoms with E-state index in [1.54, 1.807) is 12.1 Å². The Morgan fingerprint density at radius 2 is 2.18 bits per heavy atom. The van der Waals surface area contributed by atoms with Crippen LogP contribution in [-0.4, -0.2) is 27.6 Å². The molecule has 0 radical (unpaired) electrons. The van der Waals surface area contributed by atoms with Gasteiger partial charge in [-0.2, -0.15) is 0 Å². The van der Waals surface area contributed by atoms with Gasteiger partial charge in [0.2, 0.25) is 0 Å². The maximum atomic E-state index is 11.6. The van der Waals surface area contributed by atoms with E-state index in [9.17, 15) is 9.90 Å². The van der Waals surface area contributed by atoms with Crippen molar-refractivity contribution in [1.82, 2.24) is 10.3 Å². The molecule has 2 aromatic rings. The summed E-state index contributed by atoms with van der Waals surface area (Å²) in [5.41, 5.74) is 0.880. The minimum atomic E-state index is -0.334. The van der Waals surface area contributed by atoms with E-state index in [1.165, 1.54) is 19.2 Å². The van der Waals surface area contributed by atoms with Crippen LogP contribution in [0.1, 0.15) is 10.4 Å². The highest BCUT2D eigenvalue weighted by Crippen LogP contribution is 2.25. The van der Waals surface area contributed by atoms with E-state index in [4.69, 9.17) is 4.55 Å². The first-order chi connectivity index (χ1) is 8.15. The van der Waals surface area contributed by atoms with E-state index in [0.717, 1.165) is 0 Å². The standard InChI is InChI=1S/C11H10N2O3S/c1-12-10(15)8-5-6-4-7(14)2-3-9(6)13-11(8)17-16/h2-5,14,16H,1H3,(H,12,15). The van der Waals surface area contributed by atoms with Crippen LogP contribution >= 0.6 is 12.0 Å². The minimum Gasteiger partial charge on any atom is -0.508 e. The lowest BCUT2D eigenvalue weighted by molar-refractivity contribution is 0.0959. The number of aromatic nitrogens is 1. The molecule has 0 unspecified atom stereocenters. The van der Waals surface area contributed by atoms with Gasteiger partial charge in [-0.25, -0.2) is 4.98 Å². The summed E-state index contributed by atoms with van der Waals surface area (Å²) in [6.07, 6.45) is 0. The Labute approximate surface area is 102 Å². The Morgan fingerprint density at radius 3 is 2.82 bits per heavy atom. The first-order valence-corrected chi connectivity index (χ1v) is 5.60. The molecule has 3 N–H and O–H groups in total. The summed E-state index contributed by atoms with van der Waals surface area (Å²) in [5.74, 6) is -0.231. The van der Waals surface area contributed by atoms with Crippen LogP contribution in [0.3, 0.4) is 0 Å². The third-order valence-electron chi connectivity index (χ3n) is 2.32. The van der Waals surface area contributed by atoms with Gasteiger partial charge < -0.3 is 15.0 Å². The number of aromatic hydroxyl groups is 1. The first-order valence-electron chi connectivity index (χ1n) is 4.83. The molecule has 2 rings (SSSR count). The van der Waals surface area contributed by atoms with Gasteiger partial charge in [0.25, 0.3) is 5.91 Å². The lowest BCUT2D eigenvalue weighted by Crippen LogP contribution is -2.19. The molecule has 1 heterocycles. The Bertz CT molecular complexity index is 586. The van der Waals surface area contributed by atoms with Gasteiger partial charge in [0.1, 0.15) is 10.8 Å². The number of hydrogen-bond acceptors (Lipinski definition) is 5. The molecular formula is C11H10N2O3S. The summed E-state index contributed by atoms with van der Waals surface area (Å²) in [4.78, 5) is 15.7. The van der Waals surface area contributed by atoms with Gasteiger partial charge in [-0.1, -0.05) is 0 Å². The number of phenols is 1. The van der Waals surface area contributed by atoms with Crippen LogP contribution in [0.5, 0.6) is 5.75 Å². The van der Waals surface area contributed by atoms with E-state index in [2.05, 4.69) is 10.3 Å². The van der Waals surface area contributed by atoms with Gasteiger partial charge in [-0.3, -0.25) is 4.79 Å². The summed E-state index contributed by atoms with van der Waals surface area (Å²) < 4.78 is 9.10. The zero-order valence-electron chi connectivity index (χ0n) is 8.97. The van der Waals surface area contributed by atoms with Crippen molar-refractivity contribution in [2.24, 2.45) is 0 Å². The highest BCUT2D eigenvalue weighted by atomic mass is 32.2. The minimum absolute atomic E-state index is 0.103. The Kier molecular flexibility index (Phi) is 3.16. The number of carbonyl (C=O) groups excluding carboxylic acids is 1. The van der Waals surface area contributed by atoms with Crippen molar-refractivity contribution in [3.05, 3.63) is 29.8 Å². The van der Waals surface area contributed by atoms with Crippen molar-refractivity contribution in [3.8, 4) is 5.75 Å². The van der Waals surface area contributed by atoms with Gasteiger partial charge in [-0.05, 0) is 24.3 Å². The summed E-state index contributed by atoms with van der Waals surface area (Å²) in [5, 5.41) is 12.7. The van der Waals surface area contributed by atoms with Crippen molar-refractivity contribution >= 4 is 28.9 Å². The quantitative estimate of drug-likeness (QED) is 0.709. The Hall–Kier alpha value is -1.79. The SMILES string of the molecule is CNC(=O)c1cc2cc(O)ccc2nc1SO. The summed E-state index contributed by atoms with van der Waals surface area (Å²) >= 11 is 0.424. The molecule has 17 heavy (non-hydrogen) atoms. The molecule has 0 aliphatic carbocycles. The van der Waals surface area contributed by atoms with Crippen LogP contribution in [-0.2, 0) is 0 Å². The number of fused-ring (bicyclic) bond motifs is 1. The number of rotatable bonds is 2. The molecule has 5 nitrogen and oxygen atoms in total. The van der Waals surface area contributed by atoms with Gasteiger partial charge in [0.05, 0.1) is 11.1 Å². The van der Waals surface area contributed by atoms with Crippen LogP contribution in [0.2, 0.25) is 0 Å². The summed E-state index contributed by atoms with van der Waals surface area (Å²) in [6, 6.07) is 6.22. The molecule has 0 spiro atoms. The number of hydrogen-bond donors (Lipinski definition) is 3. The fourth-order valence-electron chi connectivity index (χ4n) is 1.51. The number of amides is 1. The average molecular weight is 250 g/mol. The van der Waals surface area contributed by atoms with Crippen LogP contribution in [0.4, 0.5) is 0 Å². The van der Waals surface area contributed by atoms with Crippen molar-refractivity contribution in [2.75, 3.05) is 7.05 Å². The third kappa shape index (κ3) is 2.17. The van der Waals surface area contributed by atoms with Gasteiger partial charge in [-0.15, -0.1) is 0 Å². The average Bonchev–Trinajstić information content (AvgIpc) is 2.36. The van der Waals surface area contributed by atoms with E-state index >= 15 is 0 Å². The van der Waals surface area contributed by atoms with Crippen molar-refractivity contribution in [2.45, 2.75) is 5.03 Å². The molecule has 1 aromatic carbocycles. The molecule has 88 valence electrons.